The summed E-state index contributed by atoms with van der Waals surface area (Å²) < 4.78 is 11.5. The highest BCUT2D eigenvalue weighted by Crippen LogP contribution is 2.35. The zero-order valence-corrected chi connectivity index (χ0v) is 11.1. The topological polar surface area (TPSA) is 73.2 Å². The van der Waals surface area contributed by atoms with Crippen molar-refractivity contribution >= 4 is 16.7 Å². The molecule has 2 aromatic heterocycles. The van der Waals surface area contributed by atoms with Crippen LogP contribution in [-0.4, -0.2) is 16.6 Å². The number of aromatic nitrogens is 2. The van der Waals surface area contributed by atoms with Gasteiger partial charge in [0.25, 0.3) is 0 Å². The number of hydrogen-bond acceptors (Lipinski definition) is 4. The Hall–Kier alpha value is -2.69. The molecular weight excluding hydrogens is 254 g/mol. The van der Waals surface area contributed by atoms with Crippen molar-refractivity contribution in [3.63, 3.8) is 0 Å². The van der Waals surface area contributed by atoms with Gasteiger partial charge in [-0.1, -0.05) is 0 Å². The van der Waals surface area contributed by atoms with E-state index in [0.717, 1.165) is 10.9 Å². The van der Waals surface area contributed by atoms with Gasteiger partial charge >= 0.3 is 0 Å². The largest absolute Gasteiger partial charge is 0.490 e. The molecule has 0 unspecified atom stereocenters. The lowest BCUT2D eigenvalue weighted by molar-refractivity contribution is 0.322. The third-order valence-corrected chi connectivity index (χ3v) is 2.90. The van der Waals surface area contributed by atoms with Crippen LogP contribution in [0.4, 0.5) is 5.82 Å². The van der Waals surface area contributed by atoms with E-state index in [1.165, 1.54) is 0 Å². The first-order chi connectivity index (χ1) is 9.76. The number of hydrogen-bond donors (Lipinski definition) is 2. The molecule has 0 atom stereocenters. The minimum atomic E-state index is 0.420. The summed E-state index contributed by atoms with van der Waals surface area (Å²) in [5.74, 6) is 2.40. The molecule has 0 aliphatic heterocycles. The number of ether oxygens (including phenoxy) is 2. The van der Waals surface area contributed by atoms with Gasteiger partial charge in [-0.3, -0.25) is 0 Å². The average Bonchev–Trinajstić information content (AvgIpc) is 2.86. The number of benzene rings is 1. The summed E-state index contributed by atoms with van der Waals surface area (Å²) in [6.45, 7) is 2.51. The first-order valence-electron chi connectivity index (χ1n) is 6.39. The van der Waals surface area contributed by atoms with Gasteiger partial charge in [-0.2, -0.15) is 0 Å². The third-order valence-electron chi connectivity index (χ3n) is 2.90. The SMILES string of the molecule is CCOc1cc2[nH]ccc2cc1Oc1ccnc(N)c1. The first kappa shape index (κ1) is 12.3. The maximum atomic E-state index is 5.86. The highest BCUT2D eigenvalue weighted by atomic mass is 16.5. The number of aromatic amines is 1. The predicted molar refractivity (Wildman–Crippen MR) is 78.2 cm³/mol. The van der Waals surface area contributed by atoms with Crippen LogP contribution >= 0.6 is 0 Å². The summed E-state index contributed by atoms with van der Waals surface area (Å²) in [5, 5.41) is 1.06. The molecule has 20 heavy (non-hydrogen) atoms. The van der Waals surface area contributed by atoms with Crippen LogP contribution < -0.4 is 15.2 Å². The number of H-pyrrole nitrogens is 1. The molecule has 3 N–H and O–H groups in total. The molecule has 102 valence electrons. The van der Waals surface area contributed by atoms with Crippen molar-refractivity contribution in [1.82, 2.24) is 9.97 Å². The van der Waals surface area contributed by atoms with E-state index < -0.39 is 0 Å². The molecule has 0 aliphatic carbocycles. The molecule has 0 radical (unpaired) electrons. The normalized spacial score (nSPS) is 10.7. The van der Waals surface area contributed by atoms with Crippen molar-refractivity contribution in [2.24, 2.45) is 0 Å². The summed E-state index contributed by atoms with van der Waals surface area (Å²) >= 11 is 0. The molecular formula is C15H15N3O2. The number of nitrogens with one attached hydrogen (secondary N) is 1. The molecule has 5 heteroatoms. The number of fused-ring (bicyclic) bond motifs is 1. The standard InChI is InChI=1S/C15H15N3O2/c1-2-19-13-9-12-10(3-5-17-12)7-14(13)20-11-4-6-18-15(16)8-11/h3-9,17H,2H2,1H3,(H2,16,18). The van der Waals surface area contributed by atoms with Crippen molar-refractivity contribution < 1.29 is 9.47 Å². The molecule has 0 amide bonds. The summed E-state index contributed by atoms with van der Waals surface area (Å²) in [7, 11) is 0. The Bertz CT molecular complexity index is 737. The van der Waals surface area contributed by atoms with E-state index in [-0.39, 0.29) is 0 Å². The van der Waals surface area contributed by atoms with Crippen molar-refractivity contribution in [1.29, 1.82) is 0 Å². The van der Waals surface area contributed by atoms with Crippen LogP contribution in [0, 0.1) is 0 Å². The zero-order chi connectivity index (χ0) is 13.9. The Labute approximate surface area is 116 Å². The molecule has 3 rings (SSSR count). The van der Waals surface area contributed by atoms with Crippen LogP contribution in [0.2, 0.25) is 0 Å². The fourth-order valence-corrected chi connectivity index (χ4v) is 2.03. The van der Waals surface area contributed by atoms with Crippen LogP contribution in [0.25, 0.3) is 10.9 Å². The number of pyridine rings is 1. The van der Waals surface area contributed by atoms with Gasteiger partial charge in [-0.05, 0) is 25.1 Å². The molecule has 3 aromatic rings. The van der Waals surface area contributed by atoms with Crippen molar-refractivity contribution in [3.8, 4) is 17.2 Å². The van der Waals surface area contributed by atoms with Crippen LogP contribution in [0.3, 0.4) is 0 Å². The van der Waals surface area contributed by atoms with Crippen molar-refractivity contribution in [3.05, 3.63) is 42.7 Å². The van der Waals surface area contributed by atoms with E-state index in [2.05, 4.69) is 9.97 Å². The van der Waals surface area contributed by atoms with Crippen LogP contribution in [0.15, 0.2) is 42.7 Å². The Morgan fingerprint density at radius 2 is 2.10 bits per heavy atom. The molecule has 1 aromatic carbocycles. The highest BCUT2D eigenvalue weighted by molar-refractivity contribution is 5.83. The van der Waals surface area contributed by atoms with E-state index in [1.807, 2.05) is 31.3 Å². The Morgan fingerprint density at radius 3 is 2.90 bits per heavy atom. The minimum absolute atomic E-state index is 0.420. The lowest BCUT2D eigenvalue weighted by atomic mass is 10.2. The van der Waals surface area contributed by atoms with Gasteiger partial charge in [0.1, 0.15) is 11.6 Å². The van der Waals surface area contributed by atoms with Gasteiger partial charge in [0, 0.05) is 35.4 Å². The monoisotopic (exact) mass is 269 g/mol. The van der Waals surface area contributed by atoms with Gasteiger partial charge in [0.15, 0.2) is 11.5 Å². The molecule has 0 saturated heterocycles. The number of nitrogens with zero attached hydrogens (tertiary/aromatic N) is 1. The van der Waals surface area contributed by atoms with Crippen LogP contribution in [0.1, 0.15) is 6.92 Å². The molecule has 0 saturated carbocycles. The van der Waals surface area contributed by atoms with Gasteiger partial charge in [0.05, 0.1) is 6.61 Å². The number of rotatable bonds is 4. The Balaban J connectivity index is 2.01. The lowest BCUT2D eigenvalue weighted by Crippen LogP contribution is -1.96. The average molecular weight is 269 g/mol. The molecule has 0 aliphatic rings. The second-order valence-corrected chi connectivity index (χ2v) is 4.32. The second-order valence-electron chi connectivity index (χ2n) is 4.32. The fraction of sp³-hybridized carbons (Fsp3) is 0.133. The van der Waals surface area contributed by atoms with Crippen molar-refractivity contribution in [2.45, 2.75) is 6.92 Å². The Morgan fingerprint density at radius 1 is 1.20 bits per heavy atom. The van der Waals surface area contributed by atoms with Gasteiger partial charge in [-0.25, -0.2) is 4.98 Å². The summed E-state index contributed by atoms with van der Waals surface area (Å²) in [6, 6.07) is 9.29. The summed E-state index contributed by atoms with van der Waals surface area (Å²) in [4.78, 5) is 7.10. The molecule has 2 heterocycles. The van der Waals surface area contributed by atoms with Crippen LogP contribution in [0.5, 0.6) is 17.2 Å². The lowest BCUT2D eigenvalue weighted by Gasteiger charge is -2.12. The van der Waals surface area contributed by atoms with Crippen LogP contribution in [-0.2, 0) is 0 Å². The second kappa shape index (κ2) is 5.13. The fourth-order valence-electron chi connectivity index (χ4n) is 2.03. The molecule has 5 nitrogen and oxygen atoms in total. The molecule has 0 bridgehead atoms. The summed E-state index contributed by atoms with van der Waals surface area (Å²) in [5.41, 5.74) is 6.66. The first-order valence-corrected chi connectivity index (χ1v) is 6.39. The van der Waals surface area contributed by atoms with E-state index in [4.69, 9.17) is 15.2 Å². The maximum absolute atomic E-state index is 5.86. The third kappa shape index (κ3) is 2.38. The smallest absolute Gasteiger partial charge is 0.170 e. The van der Waals surface area contributed by atoms with E-state index in [9.17, 15) is 0 Å². The molecule has 0 spiro atoms. The Kier molecular flexibility index (Phi) is 3.16. The van der Waals surface area contributed by atoms with E-state index in [1.54, 1.807) is 18.3 Å². The quantitative estimate of drug-likeness (QED) is 0.762. The highest BCUT2D eigenvalue weighted by Gasteiger charge is 2.09. The number of nitrogens with two attached hydrogens (primary N) is 1. The van der Waals surface area contributed by atoms with Gasteiger partial charge in [0.2, 0.25) is 0 Å². The predicted octanol–water partition coefficient (Wildman–Crippen LogP) is 3.34. The van der Waals surface area contributed by atoms with Gasteiger partial charge < -0.3 is 20.2 Å². The number of anilines is 1. The van der Waals surface area contributed by atoms with Crippen molar-refractivity contribution in [2.75, 3.05) is 12.3 Å². The molecule has 0 fully saturated rings. The van der Waals surface area contributed by atoms with E-state index >= 15 is 0 Å². The van der Waals surface area contributed by atoms with E-state index in [0.29, 0.717) is 29.7 Å². The minimum Gasteiger partial charge on any atom is -0.490 e. The summed E-state index contributed by atoms with van der Waals surface area (Å²) in [6.07, 6.45) is 3.49. The maximum Gasteiger partial charge on any atom is 0.170 e. The van der Waals surface area contributed by atoms with Gasteiger partial charge in [-0.15, -0.1) is 0 Å². The number of nitrogen functional groups attached to an aromatic ring is 1. The zero-order valence-electron chi connectivity index (χ0n) is 11.1.